The highest BCUT2D eigenvalue weighted by Crippen LogP contribution is 2.24. The summed E-state index contributed by atoms with van der Waals surface area (Å²) in [4.78, 5) is 2.27. The summed E-state index contributed by atoms with van der Waals surface area (Å²) >= 11 is 0. The number of hydrogen-bond acceptors (Lipinski definition) is 2. The van der Waals surface area contributed by atoms with Crippen molar-refractivity contribution in [3.05, 3.63) is 0 Å². The van der Waals surface area contributed by atoms with E-state index >= 15 is 0 Å². The molecule has 2 atom stereocenters. The molecule has 60 valence electrons. The zero-order valence-corrected chi connectivity index (χ0v) is 7.13. The van der Waals surface area contributed by atoms with Crippen LogP contribution in [0.3, 0.4) is 0 Å². The molecule has 0 aromatic carbocycles. The minimum absolute atomic E-state index is 0.481. The monoisotopic (exact) mass is 143 g/mol. The van der Waals surface area contributed by atoms with Crippen molar-refractivity contribution in [1.82, 2.24) is 4.90 Å². The van der Waals surface area contributed by atoms with Crippen LogP contribution in [0.15, 0.2) is 0 Å². The second-order valence-corrected chi connectivity index (χ2v) is 3.24. The summed E-state index contributed by atoms with van der Waals surface area (Å²) in [6, 6.07) is 0.657. The lowest BCUT2D eigenvalue weighted by atomic mass is 10.2. The van der Waals surface area contributed by atoms with Crippen molar-refractivity contribution in [2.24, 2.45) is 0 Å². The molecule has 0 saturated heterocycles. The summed E-state index contributed by atoms with van der Waals surface area (Å²) < 4.78 is 5.34. The first-order valence-electron chi connectivity index (χ1n) is 3.95. The lowest BCUT2D eigenvalue weighted by Crippen LogP contribution is -2.35. The molecule has 0 aromatic rings. The summed E-state index contributed by atoms with van der Waals surface area (Å²) in [5.41, 5.74) is 0. The van der Waals surface area contributed by atoms with Crippen molar-refractivity contribution in [2.75, 3.05) is 21.2 Å². The lowest BCUT2D eigenvalue weighted by Gasteiger charge is -2.24. The van der Waals surface area contributed by atoms with E-state index in [1.807, 2.05) is 7.11 Å². The number of likely N-dealkylation sites (N-methyl/N-ethyl adjacent to an activating group) is 1. The van der Waals surface area contributed by atoms with Crippen LogP contribution in [0.4, 0.5) is 0 Å². The van der Waals surface area contributed by atoms with Crippen LogP contribution in [-0.2, 0) is 4.74 Å². The van der Waals surface area contributed by atoms with Crippen LogP contribution in [0.5, 0.6) is 0 Å². The minimum Gasteiger partial charge on any atom is -0.380 e. The molecule has 1 unspecified atom stereocenters. The maximum Gasteiger partial charge on any atom is 0.0726 e. The third-order valence-electron chi connectivity index (χ3n) is 2.38. The van der Waals surface area contributed by atoms with Crippen LogP contribution in [0.1, 0.15) is 19.3 Å². The normalized spacial score (nSPS) is 33.6. The highest BCUT2D eigenvalue weighted by molar-refractivity contribution is 4.83. The highest BCUT2D eigenvalue weighted by Gasteiger charge is 2.28. The Morgan fingerprint density at radius 1 is 1.30 bits per heavy atom. The van der Waals surface area contributed by atoms with E-state index in [1.54, 1.807) is 0 Å². The molecule has 1 aliphatic rings. The number of hydrogen-bond donors (Lipinski definition) is 0. The number of ether oxygens (including phenoxy) is 1. The summed E-state index contributed by atoms with van der Waals surface area (Å²) in [5.74, 6) is 0. The van der Waals surface area contributed by atoms with Crippen LogP contribution < -0.4 is 0 Å². The van der Waals surface area contributed by atoms with E-state index in [2.05, 4.69) is 19.0 Å². The topological polar surface area (TPSA) is 12.5 Å². The van der Waals surface area contributed by atoms with E-state index in [1.165, 1.54) is 19.3 Å². The Labute approximate surface area is 63.2 Å². The average molecular weight is 143 g/mol. The SMILES string of the molecule is CO[C@H]1CCCC1N(C)C. The fraction of sp³-hybridized carbons (Fsp3) is 1.00. The molecule has 0 aliphatic heterocycles. The zero-order chi connectivity index (χ0) is 7.56. The maximum absolute atomic E-state index is 5.34. The molecule has 2 heteroatoms. The zero-order valence-electron chi connectivity index (χ0n) is 7.13. The van der Waals surface area contributed by atoms with Crippen molar-refractivity contribution in [3.8, 4) is 0 Å². The van der Waals surface area contributed by atoms with Gasteiger partial charge in [-0.25, -0.2) is 0 Å². The molecule has 0 radical (unpaired) electrons. The molecule has 0 aromatic heterocycles. The second-order valence-electron chi connectivity index (χ2n) is 3.24. The van der Waals surface area contributed by atoms with Gasteiger partial charge in [0.25, 0.3) is 0 Å². The van der Waals surface area contributed by atoms with E-state index in [0.29, 0.717) is 12.1 Å². The minimum atomic E-state index is 0.481. The number of methoxy groups -OCH3 is 1. The first-order valence-corrected chi connectivity index (χ1v) is 3.95. The van der Waals surface area contributed by atoms with Crippen molar-refractivity contribution in [2.45, 2.75) is 31.4 Å². The van der Waals surface area contributed by atoms with E-state index < -0.39 is 0 Å². The van der Waals surface area contributed by atoms with Gasteiger partial charge in [0.1, 0.15) is 0 Å². The third kappa shape index (κ3) is 1.50. The predicted octanol–water partition coefficient (Wildman–Crippen LogP) is 1.12. The number of rotatable bonds is 2. The fourth-order valence-corrected chi connectivity index (χ4v) is 1.77. The molecule has 0 spiro atoms. The van der Waals surface area contributed by atoms with Crippen molar-refractivity contribution in [1.29, 1.82) is 0 Å². The molecule has 10 heavy (non-hydrogen) atoms. The first kappa shape index (κ1) is 8.02. The largest absolute Gasteiger partial charge is 0.380 e. The molecule has 1 rings (SSSR count). The summed E-state index contributed by atoms with van der Waals surface area (Å²) in [6.07, 6.45) is 4.33. The Balaban J connectivity index is 2.42. The van der Waals surface area contributed by atoms with Crippen LogP contribution in [0.2, 0.25) is 0 Å². The molecule has 1 saturated carbocycles. The molecule has 0 bridgehead atoms. The van der Waals surface area contributed by atoms with Crippen LogP contribution in [-0.4, -0.2) is 38.3 Å². The second kappa shape index (κ2) is 3.35. The van der Waals surface area contributed by atoms with Crippen molar-refractivity contribution < 1.29 is 4.74 Å². The van der Waals surface area contributed by atoms with Gasteiger partial charge in [0, 0.05) is 13.2 Å². The first-order chi connectivity index (χ1) is 4.75. The van der Waals surface area contributed by atoms with E-state index in [0.717, 1.165) is 0 Å². The maximum atomic E-state index is 5.34. The Bertz CT molecular complexity index is 103. The van der Waals surface area contributed by atoms with Crippen molar-refractivity contribution in [3.63, 3.8) is 0 Å². The van der Waals surface area contributed by atoms with Crippen LogP contribution >= 0.6 is 0 Å². The van der Waals surface area contributed by atoms with E-state index in [-0.39, 0.29) is 0 Å². The Morgan fingerprint density at radius 2 is 2.00 bits per heavy atom. The van der Waals surface area contributed by atoms with Gasteiger partial charge in [0.2, 0.25) is 0 Å². The summed E-state index contributed by atoms with van der Waals surface area (Å²) in [6.45, 7) is 0. The fourth-order valence-electron chi connectivity index (χ4n) is 1.77. The van der Waals surface area contributed by atoms with Crippen molar-refractivity contribution >= 4 is 0 Å². The van der Waals surface area contributed by atoms with E-state index in [9.17, 15) is 0 Å². The van der Waals surface area contributed by atoms with Gasteiger partial charge in [0.15, 0.2) is 0 Å². The molecular weight excluding hydrogens is 126 g/mol. The van der Waals surface area contributed by atoms with Crippen LogP contribution in [0, 0.1) is 0 Å². The Hall–Kier alpha value is -0.0800. The Morgan fingerprint density at radius 3 is 2.40 bits per heavy atom. The van der Waals surface area contributed by atoms with Gasteiger partial charge >= 0.3 is 0 Å². The quantitative estimate of drug-likeness (QED) is 0.574. The van der Waals surface area contributed by atoms with Gasteiger partial charge in [-0.3, -0.25) is 0 Å². The molecule has 0 N–H and O–H groups in total. The van der Waals surface area contributed by atoms with Gasteiger partial charge in [-0.2, -0.15) is 0 Å². The van der Waals surface area contributed by atoms with E-state index in [4.69, 9.17) is 4.74 Å². The third-order valence-corrected chi connectivity index (χ3v) is 2.38. The standard InChI is InChI=1S/C8H17NO/c1-9(2)7-5-4-6-8(7)10-3/h7-8H,4-6H2,1-3H3/t7?,8-/m0/s1. The molecule has 2 nitrogen and oxygen atoms in total. The average Bonchev–Trinajstić information content (AvgIpc) is 2.33. The van der Waals surface area contributed by atoms with Gasteiger partial charge in [-0.05, 0) is 33.4 Å². The molecule has 1 aliphatic carbocycles. The lowest BCUT2D eigenvalue weighted by molar-refractivity contribution is 0.0520. The Kier molecular flexibility index (Phi) is 2.69. The van der Waals surface area contributed by atoms with Gasteiger partial charge in [0.05, 0.1) is 6.10 Å². The molecular formula is C8H17NO. The van der Waals surface area contributed by atoms with Gasteiger partial charge < -0.3 is 9.64 Å². The molecule has 0 amide bonds. The molecule has 0 heterocycles. The summed E-state index contributed by atoms with van der Waals surface area (Å²) in [5, 5.41) is 0. The molecule has 1 fully saturated rings. The number of nitrogens with zero attached hydrogens (tertiary/aromatic N) is 1. The smallest absolute Gasteiger partial charge is 0.0726 e. The highest BCUT2D eigenvalue weighted by atomic mass is 16.5. The predicted molar refractivity (Wildman–Crippen MR) is 42.1 cm³/mol. The summed E-state index contributed by atoms with van der Waals surface area (Å²) in [7, 11) is 6.07. The van der Waals surface area contributed by atoms with Gasteiger partial charge in [-0.1, -0.05) is 0 Å². The van der Waals surface area contributed by atoms with Crippen LogP contribution in [0.25, 0.3) is 0 Å². The van der Waals surface area contributed by atoms with Gasteiger partial charge in [-0.15, -0.1) is 0 Å².